The summed E-state index contributed by atoms with van der Waals surface area (Å²) in [6.45, 7) is 0. The van der Waals surface area contributed by atoms with Crippen LogP contribution in [0.4, 0.5) is 0 Å². The molecule has 0 aliphatic rings. The number of hydrogen-bond donors (Lipinski definition) is 1. The molecule has 4 aromatic rings. The molecular formula is C18H12N2O2. The highest BCUT2D eigenvalue weighted by Crippen LogP contribution is 2.30. The van der Waals surface area contributed by atoms with Gasteiger partial charge in [-0.15, -0.1) is 0 Å². The molecule has 4 nitrogen and oxygen atoms in total. The van der Waals surface area contributed by atoms with E-state index in [-0.39, 0.29) is 0 Å². The molecule has 0 bridgehead atoms. The zero-order valence-corrected chi connectivity index (χ0v) is 11.6. The van der Waals surface area contributed by atoms with E-state index in [1.54, 1.807) is 18.2 Å². The van der Waals surface area contributed by atoms with Crippen molar-refractivity contribution in [3.63, 3.8) is 0 Å². The largest absolute Gasteiger partial charge is 0.436 e. The van der Waals surface area contributed by atoms with Gasteiger partial charge in [-0.2, -0.15) is 0 Å². The number of nitrogens with zero attached hydrogens (tertiary/aromatic N) is 1. The summed E-state index contributed by atoms with van der Waals surface area (Å²) in [5, 5.41) is 2.20. The first kappa shape index (κ1) is 12.6. The lowest BCUT2D eigenvalue weighted by molar-refractivity contribution is 0.100. The highest BCUT2D eigenvalue weighted by Gasteiger charge is 2.12. The van der Waals surface area contributed by atoms with E-state index >= 15 is 0 Å². The molecule has 1 heterocycles. The van der Waals surface area contributed by atoms with Crippen LogP contribution in [0, 0.1) is 0 Å². The Morgan fingerprint density at radius 2 is 1.82 bits per heavy atom. The van der Waals surface area contributed by atoms with Crippen molar-refractivity contribution in [1.82, 2.24) is 4.98 Å². The first-order chi connectivity index (χ1) is 10.7. The van der Waals surface area contributed by atoms with Gasteiger partial charge in [-0.3, -0.25) is 4.79 Å². The lowest BCUT2D eigenvalue weighted by Crippen LogP contribution is -2.10. The normalized spacial score (nSPS) is 11.1. The molecule has 0 unspecified atom stereocenters. The van der Waals surface area contributed by atoms with Crippen molar-refractivity contribution < 1.29 is 9.21 Å². The highest BCUT2D eigenvalue weighted by molar-refractivity contribution is 5.98. The summed E-state index contributed by atoms with van der Waals surface area (Å²) in [7, 11) is 0. The second-order valence-electron chi connectivity index (χ2n) is 5.09. The number of primary amides is 1. The van der Waals surface area contributed by atoms with E-state index in [4.69, 9.17) is 10.2 Å². The highest BCUT2D eigenvalue weighted by atomic mass is 16.3. The fourth-order valence-corrected chi connectivity index (χ4v) is 2.61. The minimum atomic E-state index is -0.475. The molecular weight excluding hydrogens is 276 g/mol. The molecule has 3 aromatic carbocycles. The summed E-state index contributed by atoms with van der Waals surface area (Å²) in [5.41, 5.74) is 7.90. The van der Waals surface area contributed by atoms with Gasteiger partial charge in [0.05, 0.1) is 0 Å². The minimum Gasteiger partial charge on any atom is -0.436 e. The Morgan fingerprint density at radius 3 is 2.68 bits per heavy atom. The fourth-order valence-electron chi connectivity index (χ4n) is 2.61. The Morgan fingerprint density at radius 1 is 1.00 bits per heavy atom. The molecule has 0 radical (unpaired) electrons. The van der Waals surface area contributed by atoms with E-state index in [0.717, 1.165) is 16.3 Å². The van der Waals surface area contributed by atoms with Gasteiger partial charge in [0, 0.05) is 11.1 Å². The quantitative estimate of drug-likeness (QED) is 0.610. The van der Waals surface area contributed by atoms with Crippen molar-refractivity contribution in [3.05, 3.63) is 66.2 Å². The van der Waals surface area contributed by atoms with Crippen molar-refractivity contribution in [2.45, 2.75) is 0 Å². The van der Waals surface area contributed by atoms with Crippen LogP contribution in [0.15, 0.2) is 65.1 Å². The summed E-state index contributed by atoms with van der Waals surface area (Å²) in [6, 6.07) is 19.1. The third-order valence-corrected chi connectivity index (χ3v) is 3.69. The molecule has 106 valence electrons. The number of oxazole rings is 1. The summed E-state index contributed by atoms with van der Waals surface area (Å²) < 4.78 is 5.83. The standard InChI is InChI=1S/C18H12N2O2/c19-17(21)12-8-9-16-15(10-12)20-18(22-16)14-7-3-5-11-4-1-2-6-13(11)14/h1-10H,(H2,19,21). The molecule has 0 saturated heterocycles. The summed E-state index contributed by atoms with van der Waals surface area (Å²) in [4.78, 5) is 15.8. The number of carbonyl (C=O) groups excluding carboxylic acids is 1. The Hall–Kier alpha value is -3.14. The molecule has 0 atom stereocenters. The first-order valence-electron chi connectivity index (χ1n) is 6.91. The van der Waals surface area contributed by atoms with Crippen LogP contribution in [0.2, 0.25) is 0 Å². The van der Waals surface area contributed by atoms with Crippen LogP contribution in [-0.2, 0) is 0 Å². The van der Waals surface area contributed by atoms with Gasteiger partial charge in [0.1, 0.15) is 5.52 Å². The van der Waals surface area contributed by atoms with Crippen LogP contribution < -0.4 is 5.73 Å². The van der Waals surface area contributed by atoms with Crippen LogP contribution in [0.5, 0.6) is 0 Å². The smallest absolute Gasteiger partial charge is 0.248 e. The second-order valence-corrected chi connectivity index (χ2v) is 5.09. The number of carbonyl (C=O) groups is 1. The Bertz CT molecular complexity index is 1010. The van der Waals surface area contributed by atoms with Crippen molar-refractivity contribution >= 4 is 27.8 Å². The van der Waals surface area contributed by atoms with Crippen LogP contribution in [0.25, 0.3) is 33.3 Å². The SMILES string of the molecule is NC(=O)c1ccc2oc(-c3cccc4ccccc34)nc2c1. The number of benzene rings is 3. The van der Waals surface area contributed by atoms with E-state index < -0.39 is 5.91 Å². The third-order valence-electron chi connectivity index (χ3n) is 3.69. The maximum Gasteiger partial charge on any atom is 0.248 e. The molecule has 0 fully saturated rings. The van der Waals surface area contributed by atoms with Crippen molar-refractivity contribution in [1.29, 1.82) is 0 Å². The van der Waals surface area contributed by atoms with Crippen LogP contribution >= 0.6 is 0 Å². The van der Waals surface area contributed by atoms with Gasteiger partial charge in [0.25, 0.3) is 0 Å². The zero-order valence-electron chi connectivity index (χ0n) is 11.6. The van der Waals surface area contributed by atoms with E-state index in [2.05, 4.69) is 4.98 Å². The first-order valence-corrected chi connectivity index (χ1v) is 6.91. The van der Waals surface area contributed by atoms with E-state index in [1.165, 1.54) is 0 Å². The summed E-state index contributed by atoms with van der Waals surface area (Å²) >= 11 is 0. The predicted octanol–water partition coefficient (Wildman–Crippen LogP) is 3.75. The predicted molar refractivity (Wildman–Crippen MR) is 85.5 cm³/mol. The zero-order chi connectivity index (χ0) is 15.1. The van der Waals surface area contributed by atoms with E-state index in [1.807, 2.05) is 42.5 Å². The maximum atomic E-state index is 11.3. The number of rotatable bonds is 2. The average molecular weight is 288 g/mol. The number of amides is 1. The maximum absolute atomic E-state index is 11.3. The number of nitrogens with two attached hydrogens (primary N) is 1. The number of fused-ring (bicyclic) bond motifs is 2. The van der Waals surface area contributed by atoms with Gasteiger partial charge in [-0.25, -0.2) is 4.98 Å². The molecule has 1 aromatic heterocycles. The topological polar surface area (TPSA) is 69.1 Å². The van der Waals surface area contributed by atoms with Gasteiger partial charge in [-0.1, -0.05) is 36.4 Å². The molecule has 22 heavy (non-hydrogen) atoms. The van der Waals surface area contributed by atoms with Gasteiger partial charge in [0.15, 0.2) is 5.58 Å². The van der Waals surface area contributed by atoms with Gasteiger partial charge >= 0.3 is 0 Å². The Balaban J connectivity index is 1.95. The summed E-state index contributed by atoms with van der Waals surface area (Å²) in [6.07, 6.45) is 0. The molecule has 1 amide bonds. The molecule has 0 aliphatic carbocycles. The molecule has 4 heteroatoms. The monoisotopic (exact) mass is 288 g/mol. The molecule has 0 aliphatic heterocycles. The Kier molecular flexibility index (Phi) is 2.69. The van der Waals surface area contributed by atoms with Crippen LogP contribution in [0.3, 0.4) is 0 Å². The molecule has 2 N–H and O–H groups in total. The van der Waals surface area contributed by atoms with Gasteiger partial charge < -0.3 is 10.2 Å². The third kappa shape index (κ3) is 1.93. The van der Waals surface area contributed by atoms with E-state index in [9.17, 15) is 4.79 Å². The van der Waals surface area contributed by atoms with E-state index in [0.29, 0.717) is 22.6 Å². The van der Waals surface area contributed by atoms with Crippen molar-refractivity contribution in [2.75, 3.05) is 0 Å². The van der Waals surface area contributed by atoms with Crippen molar-refractivity contribution in [2.24, 2.45) is 5.73 Å². The second kappa shape index (κ2) is 4.70. The van der Waals surface area contributed by atoms with Gasteiger partial charge in [-0.05, 0) is 35.0 Å². The van der Waals surface area contributed by atoms with Crippen LogP contribution in [-0.4, -0.2) is 10.9 Å². The molecule has 0 spiro atoms. The Labute approximate surface area is 126 Å². The minimum absolute atomic E-state index is 0.422. The fraction of sp³-hybridized carbons (Fsp3) is 0. The molecule has 0 saturated carbocycles. The molecule has 4 rings (SSSR count). The van der Waals surface area contributed by atoms with Crippen molar-refractivity contribution in [3.8, 4) is 11.5 Å². The average Bonchev–Trinajstić information content (AvgIpc) is 2.97. The van der Waals surface area contributed by atoms with Gasteiger partial charge in [0.2, 0.25) is 11.8 Å². The lowest BCUT2D eigenvalue weighted by atomic mass is 10.0. The number of hydrogen-bond acceptors (Lipinski definition) is 3. The lowest BCUT2D eigenvalue weighted by Gasteiger charge is -2.01. The number of aromatic nitrogens is 1. The van der Waals surface area contributed by atoms with Crippen LogP contribution in [0.1, 0.15) is 10.4 Å². The summed E-state index contributed by atoms with van der Waals surface area (Å²) in [5.74, 6) is 0.0602.